The van der Waals surface area contributed by atoms with Gasteiger partial charge < -0.3 is 29.6 Å². The highest BCUT2D eigenvalue weighted by Crippen LogP contribution is 2.36. The van der Waals surface area contributed by atoms with Gasteiger partial charge in [-0.1, -0.05) is 41.9 Å². The maximum absolute atomic E-state index is 12.9. The van der Waals surface area contributed by atoms with Crippen LogP contribution in [0.1, 0.15) is 69.4 Å². The Hall–Kier alpha value is -4.75. The number of methoxy groups -OCH3 is 1. The van der Waals surface area contributed by atoms with Crippen LogP contribution in [0.3, 0.4) is 0 Å². The topological polar surface area (TPSA) is 119 Å². The Labute approximate surface area is 315 Å². The van der Waals surface area contributed by atoms with Crippen LogP contribution in [0.2, 0.25) is 5.02 Å². The standard InChI is InChI=1S/C41H43Cl2N3O6/c1-26-30(9-6-10-33(26)34-11-7-13-37(27(34)2)50-16-8-14-42)25-52-39-21-38-32(20-35(39)43)23-46-36(41(48)49-3)12-4-5-15-45-40(47)31-18-28(22-44)17-29(19-31)24-51-38/h6-7,9-11,13,17-21,36,46H,4-5,8,12,14-16,23-25H2,1-3H3,(H,45,47)/t36-/m0/s1. The molecule has 1 amide bonds. The van der Waals surface area contributed by atoms with Gasteiger partial charge in [0.05, 0.1) is 30.4 Å². The Morgan fingerprint density at radius 1 is 1.00 bits per heavy atom. The number of fused-ring (bicyclic) bond motifs is 3. The summed E-state index contributed by atoms with van der Waals surface area (Å²) in [6, 6.07) is 22.2. The first-order chi connectivity index (χ1) is 25.2. The summed E-state index contributed by atoms with van der Waals surface area (Å²) >= 11 is 12.7. The number of nitrogens with zero attached hydrogens (tertiary/aromatic N) is 1. The number of benzene rings is 4. The van der Waals surface area contributed by atoms with Gasteiger partial charge >= 0.3 is 5.97 Å². The largest absolute Gasteiger partial charge is 0.493 e. The number of ether oxygens (including phenoxy) is 4. The number of rotatable bonds is 9. The van der Waals surface area contributed by atoms with E-state index >= 15 is 0 Å². The first kappa shape index (κ1) is 38.5. The molecule has 0 saturated carbocycles. The van der Waals surface area contributed by atoms with E-state index in [2.05, 4.69) is 42.7 Å². The highest BCUT2D eigenvalue weighted by Gasteiger charge is 2.21. The molecule has 2 bridgehead atoms. The number of nitrogens with one attached hydrogen (secondary N) is 2. The fourth-order valence-electron chi connectivity index (χ4n) is 6.13. The number of halogens is 2. The molecule has 9 nitrogen and oxygen atoms in total. The Morgan fingerprint density at radius 3 is 2.56 bits per heavy atom. The second-order valence-corrected chi connectivity index (χ2v) is 13.4. The van der Waals surface area contributed by atoms with Crippen molar-refractivity contribution in [1.82, 2.24) is 10.6 Å². The summed E-state index contributed by atoms with van der Waals surface area (Å²) in [6.07, 6.45) is 2.61. The van der Waals surface area contributed by atoms with E-state index in [1.165, 1.54) is 7.11 Å². The van der Waals surface area contributed by atoms with Crippen LogP contribution >= 0.6 is 23.2 Å². The average molecular weight is 745 g/mol. The van der Waals surface area contributed by atoms with Crippen molar-refractivity contribution in [3.05, 3.63) is 111 Å². The molecule has 2 N–H and O–H groups in total. The Morgan fingerprint density at radius 2 is 1.79 bits per heavy atom. The van der Waals surface area contributed by atoms with Crippen molar-refractivity contribution in [2.45, 2.75) is 65.3 Å². The molecule has 11 heteroatoms. The van der Waals surface area contributed by atoms with Gasteiger partial charge in [0.2, 0.25) is 0 Å². The molecular weight excluding hydrogens is 701 g/mol. The second-order valence-electron chi connectivity index (χ2n) is 12.6. The molecule has 0 aliphatic carbocycles. The lowest BCUT2D eigenvalue weighted by molar-refractivity contribution is -0.143. The highest BCUT2D eigenvalue weighted by molar-refractivity contribution is 6.32. The third-order valence-electron chi connectivity index (χ3n) is 9.06. The van der Waals surface area contributed by atoms with Gasteiger partial charge in [0.15, 0.2) is 0 Å². The van der Waals surface area contributed by atoms with Crippen molar-refractivity contribution in [3.8, 4) is 34.4 Å². The number of carbonyl (C=O) groups excluding carboxylic acids is 2. The Bertz CT molecular complexity index is 1940. The van der Waals surface area contributed by atoms with Crippen molar-refractivity contribution in [3.63, 3.8) is 0 Å². The zero-order valence-electron chi connectivity index (χ0n) is 29.7. The summed E-state index contributed by atoms with van der Waals surface area (Å²) in [5, 5.41) is 16.2. The Balaban J connectivity index is 1.43. The van der Waals surface area contributed by atoms with Gasteiger partial charge in [0, 0.05) is 36.2 Å². The van der Waals surface area contributed by atoms with Gasteiger partial charge in [0.25, 0.3) is 5.91 Å². The summed E-state index contributed by atoms with van der Waals surface area (Å²) in [5.74, 6) is 1.61. The van der Waals surface area contributed by atoms with Gasteiger partial charge in [0.1, 0.15) is 36.5 Å². The van der Waals surface area contributed by atoms with Crippen molar-refractivity contribution < 1.29 is 28.5 Å². The van der Waals surface area contributed by atoms with Gasteiger partial charge in [-0.2, -0.15) is 5.26 Å². The van der Waals surface area contributed by atoms with E-state index in [0.29, 0.717) is 77.1 Å². The second kappa shape index (κ2) is 18.7. The van der Waals surface area contributed by atoms with Gasteiger partial charge in [-0.25, -0.2) is 0 Å². The summed E-state index contributed by atoms with van der Waals surface area (Å²) in [7, 11) is 1.36. The smallest absolute Gasteiger partial charge is 0.322 e. The molecule has 0 saturated heterocycles. The number of nitriles is 1. The normalized spacial score (nSPS) is 15.0. The van der Waals surface area contributed by atoms with Crippen molar-refractivity contribution in [2.75, 3.05) is 26.1 Å². The SMILES string of the molecule is COC(=O)[C@@H]1CCCCNC(=O)c2cc(C#N)cc(c2)COc2cc(OCc3cccc(-c4cccc(OCCCCl)c4C)c3C)c(Cl)cc2CN1. The molecule has 4 aromatic carbocycles. The number of hydrogen-bond acceptors (Lipinski definition) is 8. The van der Waals surface area contributed by atoms with Crippen LogP contribution in [0, 0.1) is 25.2 Å². The molecule has 0 aromatic heterocycles. The third-order valence-corrected chi connectivity index (χ3v) is 9.62. The predicted molar refractivity (Wildman–Crippen MR) is 202 cm³/mol. The van der Waals surface area contributed by atoms with Crippen LogP contribution in [0.4, 0.5) is 0 Å². The molecule has 0 unspecified atom stereocenters. The molecule has 4 aromatic rings. The number of alkyl halides is 1. The van der Waals surface area contributed by atoms with E-state index in [-0.39, 0.29) is 31.6 Å². The highest BCUT2D eigenvalue weighted by atomic mass is 35.5. The van der Waals surface area contributed by atoms with Crippen LogP contribution in [-0.2, 0) is 29.3 Å². The average Bonchev–Trinajstić information content (AvgIpc) is 3.15. The summed E-state index contributed by atoms with van der Waals surface area (Å²) < 4.78 is 23.7. The minimum Gasteiger partial charge on any atom is -0.493 e. The third kappa shape index (κ3) is 9.77. The maximum atomic E-state index is 12.9. The number of hydrogen-bond donors (Lipinski definition) is 2. The molecule has 1 aliphatic heterocycles. The van der Waals surface area contributed by atoms with Gasteiger partial charge in [-0.15, -0.1) is 11.6 Å². The van der Waals surface area contributed by atoms with Gasteiger partial charge in [-0.05, 0) is 103 Å². The molecule has 0 spiro atoms. The van der Waals surface area contributed by atoms with Crippen molar-refractivity contribution in [1.29, 1.82) is 5.26 Å². The van der Waals surface area contributed by atoms with E-state index in [1.807, 2.05) is 24.3 Å². The lowest BCUT2D eigenvalue weighted by Crippen LogP contribution is -2.37. The van der Waals surface area contributed by atoms with E-state index in [9.17, 15) is 14.9 Å². The quantitative estimate of drug-likeness (QED) is 0.100. The van der Waals surface area contributed by atoms with E-state index in [4.69, 9.17) is 42.1 Å². The molecule has 5 rings (SSSR count). The summed E-state index contributed by atoms with van der Waals surface area (Å²) in [5.41, 5.74) is 7.33. The Kier molecular flexibility index (Phi) is 13.8. The minimum atomic E-state index is -0.570. The molecule has 0 fully saturated rings. The molecule has 0 radical (unpaired) electrons. The predicted octanol–water partition coefficient (Wildman–Crippen LogP) is 8.21. The van der Waals surface area contributed by atoms with Gasteiger partial charge in [-0.3, -0.25) is 9.59 Å². The van der Waals surface area contributed by atoms with Crippen LogP contribution < -0.4 is 24.8 Å². The number of esters is 1. The molecule has 1 heterocycles. The number of carbonyl (C=O) groups is 2. The molecule has 1 atom stereocenters. The van der Waals surface area contributed by atoms with Crippen LogP contribution in [0.25, 0.3) is 11.1 Å². The zero-order valence-corrected chi connectivity index (χ0v) is 31.2. The minimum absolute atomic E-state index is 0.0689. The van der Waals surface area contributed by atoms with E-state index in [0.717, 1.165) is 40.0 Å². The monoisotopic (exact) mass is 743 g/mol. The van der Waals surface area contributed by atoms with Crippen LogP contribution in [0.15, 0.2) is 66.7 Å². The van der Waals surface area contributed by atoms with Crippen LogP contribution in [0.5, 0.6) is 17.2 Å². The maximum Gasteiger partial charge on any atom is 0.322 e. The zero-order chi connectivity index (χ0) is 37.0. The first-order valence-corrected chi connectivity index (χ1v) is 18.2. The van der Waals surface area contributed by atoms with Crippen molar-refractivity contribution in [2.24, 2.45) is 0 Å². The molecule has 52 heavy (non-hydrogen) atoms. The molecular formula is C41H43Cl2N3O6. The molecule has 272 valence electrons. The fraction of sp³-hybridized carbons (Fsp3) is 0.341. The van der Waals surface area contributed by atoms with Crippen molar-refractivity contribution >= 4 is 35.1 Å². The first-order valence-electron chi connectivity index (χ1n) is 17.3. The molecule has 1 aliphatic rings. The lowest BCUT2D eigenvalue weighted by atomic mass is 9.93. The van der Waals surface area contributed by atoms with Crippen LogP contribution in [-0.4, -0.2) is 44.1 Å². The summed E-state index contributed by atoms with van der Waals surface area (Å²) in [6.45, 7) is 5.69. The fourth-order valence-corrected chi connectivity index (χ4v) is 6.48. The lowest BCUT2D eigenvalue weighted by Gasteiger charge is -2.20. The van der Waals surface area contributed by atoms with E-state index in [1.54, 1.807) is 30.3 Å². The summed E-state index contributed by atoms with van der Waals surface area (Å²) in [4.78, 5) is 25.6. The van der Waals surface area contributed by atoms with E-state index < -0.39 is 6.04 Å². The number of amides is 1.